The maximum Gasteiger partial charge on any atom is 0.410 e. The Hall–Kier alpha value is -1.71. The maximum absolute atomic E-state index is 12.1. The van der Waals surface area contributed by atoms with E-state index in [0.717, 1.165) is 16.7 Å². The summed E-state index contributed by atoms with van der Waals surface area (Å²) in [6.07, 6.45) is -0.289. The van der Waals surface area contributed by atoms with Crippen LogP contribution in [0.2, 0.25) is 0 Å². The fourth-order valence-electron chi connectivity index (χ4n) is 2.85. The van der Waals surface area contributed by atoms with Gasteiger partial charge in [-0.25, -0.2) is 9.79 Å². The molecule has 0 atom stereocenters. The lowest BCUT2D eigenvalue weighted by atomic mass is 10.1. The molecular weight excluding hydrogens is 459 g/mol. The predicted molar refractivity (Wildman–Crippen MR) is 118 cm³/mol. The first-order valence-corrected chi connectivity index (χ1v) is 8.88. The number of hydrogen-bond donors (Lipinski definition) is 2. The number of carbonyl (C=O) groups is 1. The average Bonchev–Trinajstić information content (AvgIpc) is 2.56. The van der Waals surface area contributed by atoms with Crippen molar-refractivity contribution >= 4 is 36.0 Å². The summed E-state index contributed by atoms with van der Waals surface area (Å²) in [5.41, 5.74) is 8.30. The molecule has 0 aliphatic carbocycles. The first-order chi connectivity index (χ1) is 12.1. The zero-order valence-corrected chi connectivity index (χ0v) is 19.1. The van der Waals surface area contributed by atoms with Crippen molar-refractivity contribution in [1.82, 2.24) is 9.80 Å². The monoisotopic (exact) mass is 490 g/mol. The summed E-state index contributed by atoms with van der Waals surface area (Å²) >= 11 is 0. The number of amides is 1. The zero-order valence-electron chi connectivity index (χ0n) is 16.8. The quantitative estimate of drug-likeness (QED) is 0.378. The Morgan fingerprint density at radius 2 is 1.63 bits per heavy atom. The van der Waals surface area contributed by atoms with Crippen LogP contribution in [0.5, 0.6) is 5.75 Å². The van der Waals surface area contributed by atoms with Gasteiger partial charge in [0, 0.05) is 26.2 Å². The van der Waals surface area contributed by atoms with Crippen LogP contribution >= 0.6 is 24.0 Å². The number of phenols is 1. The highest BCUT2D eigenvalue weighted by molar-refractivity contribution is 14.0. The molecule has 1 saturated heterocycles. The first kappa shape index (κ1) is 23.3. The smallest absolute Gasteiger partial charge is 0.410 e. The highest BCUT2D eigenvalue weighted by Crippen LogP contribution is 2.23. The predicted octanol–water partition coefficient (Wildman–Crippen LogP) is 2.99. The lowest BCUT2D eigenvalue weighted by molar-refractivity contribution is 0.0186. The zero-order chi connectivity index (χ0) is 19.5. The number of rotatable bonds is 2. The first-order valence-electron chi connectivity index (χ1n) is 8.88. The topological polar surface area (TPSA) is 91.4 Å². The van der Waals surface area contributed by atoms with Crippen molar-refractivity contribution in [2.75, 3.05) is 26.2 Å². The van der Waals surface area contributed by atoms with Gasteiger partial charge in [-0.2, -0.15) is 0 Å². The minimum absolute atomic E-state index is 0. The van der Waals surface area contributed by atoms with Crippen molar-refractivity contribution in [2.24, 2.45) is 10.7 Å². The summed E-state index contributed by atoms with van der Waals surface area (Å²) in [5, 5.41) is 9.84. The molecule has 3 N–H and O–H groups in total. The molecule has 8 heteroatoms. The number of aryl methyl sites for hydroxylation is 2. The van der Waals surface area contributed by atoms with Gasteiger partial charge < -0.3 is 25.4 Å². The number of halogens is 1. The molecule has 7 nitrogen and oxygen atoms in total. The molecule has 1 amide bonds. The third-order valence-corrected chi connectivity index (χ3v) is 4.23. The molecule has 2 rings (SSSR count). The lowest BCUT2D eigenvalue weighted by Crippen LogP contribution is -2.53. The molecule has 0 unspecified atom stereocenters. The lowest BCUT2D eigenvalue weighted by Gasteiger charge is -2.36. The fraction of sp³-hybridized carbons (Fsp3) is 0.579. The number of guanidine groups is 1. The fourth-order valence-corrected chi connectivity index (χ4v) is 2.85. The summed E-state index contributed by atoms with van der Waals surface area (Å²) in [5.74, 6) is 0.793. The number of benzene rings is 1. The van der Waals surface area contributed by atoms with Crippen molar-refractivity contribution in [3.05, 3.63) is 28.8 Å². The number of hydrogen-bond acceptors (Lipinski definition) is 4. The van der Waals surface area contributed by atoms with Gasteiger partial charge in [0.2, 0.25) is 0 Å². The number of piperazine rings is 1. The van der Waals surface area contributed by atoms with E-state index in [2.05, 4.69) is 4.99 Å². The van der Waals surface area contributed by atoms with Crippen molar-refractivity contribution in [3.8, 4) is 5.75 Å². The van der Waals surface area contributed by atoms with E-state index in [9.17, 15) is 9.90 Å². The second kappa shape index (κ2) is 9.48. The van der Waals surface area contributed by atoms with E-state index in [1.54, 1.807) is 4.90 Å². The summed E-state index contributed by atoms with van der Waals surface area (Å²) in [6, 6.07) is 3.83. The number of ether oxygens (including phenoxy) is 1. The minimum atomic E-state index is -0.491. The van der Waals surface area contributed by atoms with Crippen LogP contribution in [0, 0.1) is 13.8 Å². The Morgan fingerprint density at radius 1 is 1.15 bits per heavy atom. The van der Waals surface area contributed by atoms with Crippen LogP contribution in [-0.2, 0) is 11.3 Å². The highest BCUT2D eigenvalue weighted by Gasteiger charge is 2.26. The molecule has 1 aliphatic heterocycles. The van der Waals surface area contributed by atoms with Gasteiger partial charge in [0.05, 0.1) is 6.54 Å². The molecule has 0 bridgehead atoms. The van der Waals surface area contributed by atoms with Crippen LogP contribution in [0.25, 0.3) is 0 Å². The van der Waals surface area contributed by atoms with Gasteiger partial charge in [-0.3, -0.25) is 0 Å². The number of phenolic OH excluding ortho intramolecular Hbond substituents is 1. The van der Waals surface area contributed by atoms with Crippen molar-refractivity contribution in [1.29, 1.82) is 0 Å². The molecule has 1 aromatic carbocycles. The Kier molecular flexibility index (Phi) is 8.19. The van der Waals surface area contributed by atoms with Crippen molar-refractivity contribution in [3.63, 3.8) is 0 Å². The van der Waals surface area contributed by atoms with E-state index in [1.807, 2.05) is 51.7 Å². The normalized spacial score (nSPS) is 15.4. The Balaban J connectivity index is 0.00000364. The Labute approximate surface area is 178 Å². The molecule has 0 aromatic heterocycles. The van der Waals surface area contributed by atoms with Gasteiger partial charge in [-0.15, -0.1) is 24.0 Å². The number of aromatic hydroxyl groups is 1. The van der Waals surface area contributed by atoms with E-state index in [4.69, 9.17) is 10.5 Å². The Bertz CT molecular complexity index is 670. The summed E-state index contributed by atoms with van der Waals surface area (Å²) < 4.78 is 5.40. The van der Waals surface area contributed by atoms with Gasteiger partial charge >= 0.3 is 6.09 Å². The highest BCUT2D eigenvalue weighted by atomic mass is 127. The summed E-state index contributed by atoms with van der Waals surface area (Å²) in [6.45, 7) is 12.1. The summed E-state index contributed by atoms with van der Waals surface area (Å²) in [4.78, 5) is 20.2. The second-order valence-corrected chi connectivity index (χ2v) is 7.71. The van der Waals surface area contributed by atoms with Crippen LogP contribution < -0.4 is 5.73 Å². The van der Waals surface area contributed by atoms with Crippen LogP contribution in [0.15, 0.2) is 17.1 Å². The van der Waals surface area contributed by atoms with Gasteiger partial charge in [0.25, 0.3) is 0 Å². The van der Waals surface area contributed by atoms with Crippen LogP contribution in [0.3, 0.4) is 0 Å². The van der Waals surface area contributed by atoms with Crippen LogP contribution in [0.4, 0.5) is 4.79 Å². The molecule has 27 heavy (non-hydrogen) atoms. The molecule has 1 aromatic rings. The molecule has 1 fully saturated rings. The number of nitrogens with zero attached hydrogens (tertiary/aromatic N) is 3. The number of aliphatic imine (C=N–C) groups is 1. The number of nitrogens with two attached hydrogens (primary N) is 1. The van der Waals surface area contributed by atoms with E-state index in [1.165, 1.54) is 0 Å². The molecule has 0 spiro atoms. The van der Waals surface area contributed by atoms with Crippen molar-refractivity contribution in [2.45, 2.75) is 46.8 Å². The van der Waals surface area contributed by atoms with E-state index < -0.39 is 5.60 Å². The largest absolute Gasteiger partial charge is 0.507 e. The van der Waals surface area contributed by atoms with Gasteiger partial charge in [-0.05, 0) is 51.3 Å². The van der Waals surface area contributed by atoms with E-state index >= 15 is 0 Å². The van der Waals surface area contributed by atoms with Gasteiger partial charge in [0.1, 0.15) is 11.4 Å². The summed E-state index contributed by atoms with van der Waals surface area (Å²) in [7, 11) is 0. The van der Waals surface area contributed by atoms with Gasteiger partial charge in [0.15, 0.2) is 5.96 Å². The number of carbonyl (C=O) groups excluding carboxylic acids is 1. The van der Waals surface area contributed by atoms with Crippen LogP contribution in [-0.4, -0.2) is 58.7 Å². The third-order valence-electron chi connectivity index (χ3n) is 4.23. The molecule has 152 valence electrons. The van der Waals surface area contributed by atoms with E-state index in [0.29, 0.717) is 44.4 Å². The minimum Gasteiger partial charge on any atom is -0.507 e. The van der Waals surface area contributed by atoms with E-state index in [-0.39, 0.29) is 30.1 Å². The third kappa shape index (κ3) is 6.75. The average molecular weight is 490 g/mol. The molecule has 1 heterocycles. The molecule has 1 aliphatic rings. The van der Waals surface area contributed by atoms with Crippen molar-refractivity contribution < 1.29 is 14.6 Å². The maximum atomic E-state index is 12.1. The Morgan fingerprint density at radius 3 is 2.11 bits per heavy atom. The second-order valence-electron chi connectivity index (χ2n) is 7.71. The molecular formula is C19H31IN4O3. The standard InChI is InChI=1S/C19H30N4O3.HI/c1-13-10-15(11-14(2)16(13)24)12-21-17(20)22-6-8-23(9-7-22)18(25)26-19(3,4)5;/h10-11,24H,6-9,12H2,1-5H3,(H2,20,21);1H. The molecule has 0 radical (unpaired) electrons. The SMILES string of the molecule is Cc1cc(CN=C(N)N2CCN(C(=O)OC(C)(C)C)CC2)cc(C)c1O.I. The van der Waals surface area contributed by atoms with Gasteiger partial charge in [-0.1, -0.05) is 12.1 Å². The molecule has 0 saturated carbocycles. The van der Waals surface area contributed by atoms with Crippen LogP contribution in [0.1, 0.15) is 37.5 Å².